The van der Waals surface area contributed by atoms with Gasteiger partial charge in [-0.05, 0) is 73.4 Å². The van der Waals surface area contributed by atoms with Crippen LogP contribution in [0.1, 0.15) is 33.6 Å². The van der Waals surface area contributed by atoms with Gasteiger partial charge in [-0.2, -0.15) is 0 Å². The van der Waals surface area contributed by atoms with Crippen LogP contribution in [-0.2, 0) is 0 Å². The number of rotatable bonds is 5. The van der Waals surface area contributed by atoms with Crippen LogP contribution in [0.25, 0.3) is 5.69 Å². The number of aliphatic hydroxyl groups excluding tert-OH is 1. The molecule has 6 nitrogen and oxygen atoms in total. The van der Waals surface area contributed by atoms with E-state index in [4.69, 9.17) is 0 Å². The van der Waals surface area contributed by atoms with Crippen molar-refractivity contribution in [3.8, 4) is 5.69 Å². The highest BCUT2D eigenvalue weighted by Crippen LogP contribution is 2.20. The maximum absolute atomic E-state index is 12.8. The molecule has 2 heterocycles. The number of aromatic nitrogens is 1. The molecule has 6 heteroatoms. The maximum atomic E-state index is 12.8. The van der Waals surface area contributed by atoms with Crippen molar-refractivity contribution in [2.75, 3.05) is 25.0 Å². The van der Waals surface area contributed by atoms with Crippen molar-refractivity contribution >= 4 is 17.5 Å². The van der Waals surface area contributed by atoms with Gasteiger partial charge in [0.2, 0.25) is 0 Å². The van der Waals surface area contributed by atoms with Crippen LogP contribution in [0.5, 0.6) is 0 Å². The van der Waals surface area contributed by atoms with Crippen molar-refractivity contribution in [1.29, 1.82) is 0 Å². The summed E-state index contributed by atoms with van der Waals surface area (Å²) in [6, 6.07) is 18.3. The Morgan fingerprint density at radius 2 is 1.63 bits per heavy atom. The zero-order valence-corrected chi connectivity index (χ0v) is 16.7. The van der Waals surface area contributed by atoms with E-state index in [9.17, 15) is 14.7 Å². The Morgan fingerprint density at radius 3 is 2.30 bits per heavy atom. The predicted molar refractivity (Wildman–Crippen MR) is 116 cm³/mol. The average Bonchev–Trinajstić information content (AvgIpc) is 3.34. The molecule has 0 radical (unpaired) electrons. The predicted octanol–water partition coefficient (Wildman–Crippen LogP) is 3.57. The van der Waals surface area contributed by atoms with Crippen molar-refractivity contribution in [2.24, 2.45) is 5.92 Å². The van der Waals surface area contributed by atoms with Gasteiger partial charge in [0.1, 0.15) is 0 Å². The van der Waals surface area contributed by atoms with Gasteiger partial charge in [0.25, 0.3) is 11.8 Å². The molecule has 3 aromatic rings. The molecule has 0 unspecified atom stereocenters. The topological polar surface area (TPSA) is 74.6 Å². The van der Waals surface area contributed by atoms with E-state index in [0.717, 1.165) is 18.5 Å². The molecule has 154 valence electrons. The van der Waals surface area contributed by atoms with Crippen molar-refractivity contribution in [2.45, 2.75) is 12.8 Å². The first kappa shape index (κ1) is 19.9. The van der Waals surface area contributed by atoms with Gasteiger partial charge < -0.3 is 19.9 Å². The number of aliphatic hydroxyl groups is 1. The van der Waals surface area contributed by atoms with Crippen molar-refractivity contribution < 1.29 is 14.7 Å². The fourth-order valence-corrected chi connectivity index (χ4v) is 3.73. The summed E-state index contributed by atoms with van der Waals surface area (Å²) in [5.74, 6) is 0.0181. The number of hydrogen-bond acceptors (Lipinski definition) is 3. The van der Waals surface area contributed by atoms with Crippen LogP contribution in [0.2, 0.25) is 0 Å². The van der Waals surface area contributed by atoms with Crippen LogP contribution in [-0.4, -0.2) is 46.1 Å². The van der Waals surface area contributed by atoms with Crippen molar-refractivity contribution in [3.05, 3.63) is 84.2 Å². The molecule has 4 rings (SSSR count). The summed E-state index contributed by atoms with van der Waals surface area (Å²) in [6.07, 6.45) is 5.53. The van der Waals surface area contributed by atoms with E-state index >= 15 is 0 Å². The second-order valence-electron chi connectivity index (χ2n) is 7.59. The van der Waals surface area contributed by atoms with Gasteiger partial charge in [-0.3, -0.25) is 9.59 Å². The van der Waals surface area contributed by atoms with Crippen LogP contribution >= 0.6 is 0 Å². The first-order valence-electron chi connectivity index (χ1n) is 10.2. The summed E-state index contributed by atoms with van der Waals surface area (Å²) in [6.45, 7) is 1.47. The van der Waals surface area contributed by atoms with E-state index in [0.29, 0.717) is 29.9 Å². The molecule has 2 amide bonds. The lowest BCUT2D eigenvalue weighted by Crippen LogP contribution is -2.39. The van der Waals surface area contributed by atoms with Gasteiger partial charge in [-0.1, -0.05) is 6.07 Å². The number of nitrogens with one attached hydrogen (secondary N) is 1. The Kier molecular flexibility index (Phi) is 5.95. The Morgan fingerprint density at radius 1 is 0.933 bits per heavy atom. The standard InChI is InChI=1S/C24H25N3O3/c28-17-18-10-14-27(15-11-18)24(30)20-4-3-5-21(16-20)25-23(29)19-6-8-22(9-7-19)26-12-1-2-13-26/h1-9,12-13,16,18,28H,10-11,14-15,17H2,(H,25,29). The summed E-state index contributed by atoms with van der Waals surface area (Å²) in [4.78, 5) is 27.2. The molecule has 30 heavy (non-hydrogen) atoms. The summed E-state index contributed by atoms with van der Waals surface area (Å²) < 4.78 is 1.97. The van der Waals surface area contributed by atoms with Gasteiger partial charge in [0, 0.05) is 54.6 Å². The molecule has 1 saturated heterocycles. The molecule has 1 aromatic heterocycles. The van der Waals surface area contributed by atoms with Gasteiger partial charge >= 0.3 is 0 Å². The van der Waals surface area contributed by atoms with Crippen LogP contribution in [0, 0.1) is 5.92 Å². The van der Waals surface area contributed by atoms with E-state index in [1.807, 2.05) is 46.1 Å². The third-order valence-electron chi connectivity index (χ3n) is 5.56. The lowest BCUT2D eigenvalue weighted by Gasteiger charge is -2.31. The third kappa shape index (κ3) is 4.44. The molecular formula is C24H25N3O3. The molecule has 2 aromatic carbocycles. The fraction of sp³-hybridized carbons (Fsp3) is 0.250. The quantitative estimate of drug-likeness (QED) is 0.684. The zero-order chi connectivity index (χ0) is 20.9. The van der Waals surface area contributed by atoms with Gasteiger partial charge in [-0.15, -0.1) is 0 Å². The minimum atomic E-state index is -0.220. The van der Waals surface area contributed by atoms with Crippen LogP contribution < -0.4 is 5.32 Å². The first-order chi connectivity index (χ1) is 14.6. The Balaban J connectivity index is 1.41. The molecule has 1 fully saturated rings. The number of likely N-dealkylation sites (tertiary alicyclic amines) is 1. The minimum absolute atomic E-state index is 0.0430. The number of benzene rings is 2. The number of anilines is 1. The molecule has 1 aliphatic rings. The number of carbonyl (C=O) groups excluding carboxylic acids is 2. The molecule has 0 spiro atoms. The largest absolute Gasteiger partial charge is 0.396 e. The Bertz CT molecular complexity index is 1000. The number of nitrogens with zero attached hydrogens (tertiary/aromatic N) is 2. The third-order valence-corrected chi connectivity index (χ3v) is 5.56. The van der Waals surface area contributed by atoms with Crippen molar-refractivity contribution in [3.63, 3.8) is 0 Å². The lowest BCUT2D eigenvalue weighted by molar-refractivity contribution is 0.0650. The fourth-order valence-electron chi connectivity index (χ4n) is 3.73. The monoisotopic (exact) mass is 403 g/mol. The normalized spacial score (nSPS) is 14.5. The van der Waals surface area contributed by atoms with E-state index in [1.54, 1.807) is 36.4 Å². The summed E-state index contributed by atoms with van der Waals surface area (Å²) in [5.41, 5.74) is 2.67. The molecule has 0 saturated carbocycles. The smallest absolute Gasteiger partial charge is 0.255 e. The van der Waals surface area contributed by atoms with E-state index < -0.39 is 0 Å². The van der Waals surface area contributed by atoms with E-state index in [-0.39, 0.29) is 24.3 Å². The molecule has 0 aliphatic carbocycles. The van der Waals surface area contributed by atoms with E-state index in [1.165, 1.54) is 0 Å². The van der Waals surface area contributed by atoms with Crippen LogP contribution in [0.15, 0.2) is 73.1 Å². The molecule has 0 bridgehead atoms. The molecular weight excluding hydrogens is 378 g/mol. The van der Waals surface area contributed by atoms with Crippen molar-refractivity contribution in [1.82, 2.24) is 9.47 Å². The molecule has 2 N–H and O–H groups in total. The Labute approximate surface area is 175 Å². The first-order valence-corrected chi connectivity index (χ1v) is 10.2. The second kappa shape index (κ2) is 8.97. The molecule has 1 aliphatic heterocycles. The lowest BCUT2D eigenvalue weighted by atomic mass is 9.97. The maximum Gasteiger partial charge on any atom is 0.255 e. The number of piperidine rings is 1. The van der Waals surface area contributed by atoms with Crippen LogP contribution in [0.3, 0.4) is 0 Å². The highest BCUT2D eigenvalue weighted by atomic mass is 16.3. The number of carbonyl (C=O) groups is 2. The summed E-state index contributed by atoms with van der Waals surface area (Å²) >= 11 is 0. The van der Waals surface area contributed by atoms with Crippen LogP contribution in [0.4, 0.5) is 5.69 Å². The second-order valence-corrected chi connectivity index (χ2v) is 7.59. The van der Waals surface area contributed by atoms with Gasteiger partial charge in [0.15, 0.2) is 0 Å². The van der Waals surface area contributed by atoms with Gasteiger partial charge in [0.05, 0.1) is 0 Å². The highest BCUT2D eigenvalue weighted by Gasteiger charge is 2.23. The zero-order valence-electron chi connectivity index (χ0n) is 16.7. The average molecular weight is 403 g/mol. The number of hydrogen-bond donors (Lipinski definition) is 2. The number of amides is 2. The molecule has 0 atom stereocenters. The summed E-state index contributed by atoms with van der Waals surface area (Å²) in [5, 5.41) is 12.1. The minimum Gasteiger partial charge on any atom is -0.396 e. The van der Waals surface area contributed by atoms with E-state index in [2.05, 4.69) is 5.32 Å². The summed E-state index contributed by atoms with van der Waals surface area (Å²) in [7, 11) is 0. The SMILES string of the molecule is O=C(Nc1cccc(C(=O)N2CCC(CO)CC2)c1)c1ccc(-n2cccc2)cc1. The van der Waals surface area contributed by atoms with Gasteiger partial charge in [-0.25, -0.2) is 0 Å². The Hall–Kier alpha value is -3.38. The highest BCUT2D eigenvalue weighted by molar-refractivity contribution is 6.05.